The number of amides is 1. The fraction of sp³-hybridized carbons (Fsp3) is 0.625. The van der Waals surface area contributed by atoms with Gasteiger partial charge in [0.05, 0.1) is 6.54 Å². The van der Waals surface area contributed by atoms with Crippen LogP contribution in [0.1, 0.15) is 10.6 Å². The number of nitrogens with zero attached hydrogens (tertiary/aromatic N) is 5. The summed E-state index contributed by atoms with van der Waals surface area (Å²) in [6.07, 6.45) is 0. The van der Waals surface area contributed by atoms with Crippen LogP contribution in [0, 0.1) is 0 Å². The van der Waals surface area contributed by atoms with Crippen LogP contribution in [0.5, 0.6) is 0 Å². The Labute approximate surface area is 96.4 Å². The molecule has 1 amide bonds. The zero-order valence-electron chi connectivity index (χ0n) is 9.04. The Kier molecular flexibility index (Phi) is 3.28. The van der Waals surface area contributed by atoms with Crippen molar-refractivity contribution in [2.75, 3.05) is 32.7 Å². The maximum absolute atomic E-state index is 11.8. The lowest BCUT2D eigenvalue weighted by Gasteiger charge is -2.32. The molecule has 1 aliphatic heterocycles. The molecule has 1 fully saturated rings. The van der Waals surface area contributed by atoms with Crippen molar-refractivity contribution in [3.8, 4) is 0 Å². The minimum Gasteiger partial charge on any atom is -0.480 e. The molecule has 0 saturated carbocycles. The molecule has 1 aromatic heterocycles. The molecule has 0 unspecified atom stereocenters. The van der Waals surface area contributed by atoms with Crippen molar-refractivity contribution in [1.82, 2.24) is 30.4 Å². The second-order valence-electron chi connectivity index (χ2n) is 3.70. The Bertz CT molecular complexity index is 397. The third kappa shape index (κ3) is 2.75. The lowest BCUT2D eigenvalue weighted by atomic mass is 10.3. The van der Waals surface area contributed by atoms with Gasteiger partial charge in [-0.3, -0.25) is 14.5 Å². The van der Waals surface area contributed by atoms with Crippen molar-refractivity contribution in [1.29, 1.82) is 0 Å². The average molecular weight is 240 g/mol. The molecule has 0 aromatic carbocycles. The van der Waals surface area contributed by atoms with Gasteiger partial charge in [0.1, 0.15) is 0 Å². The van der Waals surface area contributed by atoms with Crippen molar-refractivity contribution < 1.29 is 14.7 Å². The van der Waals surface area contributed by atoms with Crippen LogP contribution < -0.4 is 0 Å². The monoisotopic (exact) mass is 240 g/mol. The molecule has 9 heteroatoms. The van der Waals surface area contributed by atoms with E-state index in [9.17, 15) is 9.59 Å². The molecular weight excluding hydrogens is 228 g/mol. The quantitative estimate of drug-likeness (QED) is 0.630. The van der Waals surface area contributed by atoms with Gasteiger partial charge < -0.3 is 10.0 Å². The highest BCUT2D eigenvalue weighted by Gasteiger charge is 2.25. The molecule has 2 N–H and O–H groups in total. The smallest absolute Gasteiger partial charge is 0.317 e. The number of rotatable bonds is 3. The van der Waals surface area contributed by atoms with E-state index >= 15 is 0 Å². The van der Waals surface area contributed by atoms with E-state index in [1.807, 2.05) is 0 Å². The van der Waals surface area contributed by atoms with Gasteiger partial charge in [-0.15, -0.1) is 10.2 Å². The normalized spacial score (nSPS) is 17.1. The summed E-state index contributed by atoms with van der Waals surface area (Å²) >= 11 is 0. The van der Waals surface area contributed by atoms with Gasteiger partial charge in [0.25, 0.3) is 11.7 Å². The number of carboxylic acid groups (broad SMARTS) is 1. The van der Waals surface area contributed by atoms with Crippen LogP contribution in [0.4, 0.5) is 0 Å². The Morgan fingerprint density at radius 1 is 1.29 bits per heavy atom. The fourth-order valence-corrected chi connectivity index (χ4v) is 1.69. The number of hydrogen-bond donors (Lipinski definition) is 2. The highest BCUT2D eigenvalue weighted by atomic mass is 16.4. The maximum Gasteiger partial charge on any atom is 0.317 e. The standard InChI is InChI=1S/C8H12N6O3/c15-6(16)5-13-1-3-14(4-2-13)8(17)7-9-11-12-10-7/h1-5H2,(H,15,16)(H,9,10,11,12). The van der Waals surface area contributed by atoms with Crippen LogP contribution >= 0.6 is 0 Å². The van der Waals surface area contributed by atoms with E-state index in [0.717, 1.165) is 0 Å². The van der Waals surface area contributed by atoms with Crippen molar-refractivity contribution in [2.24, 2.45) is 0 Å². The summed E-state index contributed by atoms with van der Waals surface area (Å²) in [6.45, 7) is 2.03. The molecule has 2 rings (SSSR count). The van der Waals surface area contributed by atoms with Crippen LogP contribution in [0.25, 0.3) is 0 Å². The zero-order valence-corrected chi connectivity index (χ0v) is 9.04. The molecule has 1 aromatic rings. The summed E-state index contributed by atoms with van der Waals surface area (Å²) in [5.74, 6) is -1.10. The second-order valence-corrected chi connectivity index (χ2v) is 3.70. The molecule has 92 valence electrons. The van der Waals surface area contributed by atoms with Gasteiger partial charge in [-0.1, -0.05) is 0 Å². The molecule has 0 bridgehead atoms. The lowest BCUT2D eigenvalue weighted by molar-refractivity contribution is -0.138. The zero-order chi connectivity index (χ0) is 12.3. The van der Waals surface area contributed by atoms with E-state index in [1.165, 1.54) is 0 Å². The summed E-state index contributed by atoms with van der Waals surface area (Å²) in [4.78, 5) is 25.7. The van der Waals surface area contributed by atoms with Gasteiger partial charge in [-0.25, -0.2) is 0 Å². The summed E-state index contributed by atoms with van der Waals surface area (Å²) < 4.78 is 0. The predicted octanol–water partition coefficient (Wildman–Crippen LogP) is -1.96. The molecule has 0 spiro atoms. The van der Waals surface area contributed by atoms with Crippen molar-refractivity contribution in [3.05, 3.63) is 5.82 Å². The van der Waals surface area contributed by atoms with Crippen molar-refractivity contribution >= 4 is 11.9 Å². The van der Waals surface area contributed by atoms with Crippen molar-refractivity contribution in [3.63, 3.8) is 0 Å². The van der Waals surface area contributed by atoms with Gasteiger partial charge in [0.15, 0.2) is 0 Å². The fourth-order valence-electron chi connectivity index (χ4n) is 1.69. The molecule has 0 atom stereocenters. The third-order valence-electron chi connectivity index (χ3n) is 2.56. The van der Waals surface area contributed by atoms with Crippen LogP contribution in [0.2, 0.25) is 0 Å². The number of carbonyl (C=O) groups excluding carboxylic acids is 1. The van der Waals surface area contributed by atoms with Crippen LogP contribution in [-0.2, 0) is 4.79 Å². The predicted molar refractivity (Wildman–Crippen MR) is 54.2 cm³/mol. The molecule has 2 heterocycles. The number of aliphatic carboxylic acids is 1. The summed E-state index contributed by atoms with van der Waals surface area (Å²) in [5, 5.41) is 21.4. The van der Waals surface area contributed by atoms with E-state index in [4.69, 9.17) is 5.11 Å². The number of tetrazole rings is 1. The Hall–Kier alpha value is -2.03. The highest BCUT2D eigenvalue weighted by Crippen LogP contribution is 2.04. The summed E-state index contributed by atoms with van der Waals surface area (Å²) in [6, 6.07) is 0. The van der Waals surface area contributed by atoms with Gasteiger partial charge >= 0.3 is 5.97 Å². The molecule has 1 saturated heterocycles. The molecule has 0 radical (unpaired) electrons. The number of aromatic nitrogens is 4. The average Bonchev–Trinajstić information content (AvgIpc) is 2.82. The first-order chi connectivity index (χ1) is 8.16. The Morgan fingerprint density at radius 3 is 2.53 bits per heavy atom. The topological polar surface area (TPSA) is 115 Å². The van der Waals surface area contributed by atoms with E-state index < -0.39 is 5.97 Å². The number of carbonyl (C=O) groups is 2. The number of carboxylic acids is 1. The first kappa shape index (κ1) is 11.5. The SMILES string of the molecule is O=C(O)CN1CCN(C(=O)c2nn[nH]n2)CC1. The van der Waals surface area contributed by atoms with Gasteiger partial charge in [-0.2, -0.15) is 5.21 Å². The van der Waals surface area contributed by atoms with Gasteiger partial charge in [-0.05, 0) is 5.21 Å². The molecule has 9 nitrogen and oxygen atoms in total. The molecule has 17 heavy (non-hydrogen) atoms. The summed E-state index contributed by atoms with van der Waals surface area (Å²) in [5.41, 5.74) is 0. The van der Waals surface area contributed by atoms with Crippen LogP contribution in [0.15, 0.2) is 0 Å². The van der Waals surface area contributed by atoms with E-state index in [1.54, 1.807) is 9.80 Å². The first-order valence-corrected chi connectivity index (χ1v) is 5.13. The van der Waals surface area contributed by atoms with Crippen LogP contribution in [-0.4, -0.2) is 80.1 Å². The van der Waals surface area contributed by atoms with E-state index in [-0.39, 0.29) is 18.3 Å². The Balaban J connectivity index is 1.87. The molecule has 1 aliphatic rings. The van der Waals surface area contributed by atoms with Gasteiger partial charge in [0, 0.05) is 26.2 Å². The number of hydrogen-bond acceptors (Lipinski definition) is 6. The van der Waals surface area contributed by atoms with E-state index in [2.05, 4.69) is 20.6 Å². The number of piperazine rings is 1. The van der Waals surface area contributed by atoms with Gasteiger partial charge in [0.2, 0.25) is 0 Å². The third-order valence-corrected chi connectivity index (χ3v) is 2.56. The van der Waals surface area contributed by atoms with Crippen molar-refractivity contribution in [2.45, 2.75) is 0 Å². The van der Waals surface area contributed by atoms with E-state index in [0.29, 0.717) is 26.2 Å². The summed E-state index contributed by atoms with van der Waals surface area (Å²) in [7, 11) is 0. The maximum atomic E-state index is 11.8. The minimum absolute atomic E-state index is 0.00421. The molecular formula is C8H12N6O3. The van der Waals surface area contributed by atoms with Crippen LogP contribution in [0.3, 0.4) is 0 Å². The number of nitrogens with one attached hydrogen (secondary N) is 1. The Morgan fingerprint density at radius 2 is 2.00 bits per heavy atom. The highest BCUT2D eigenvalue weighted by molar-refractivity contribution is 5.90. The minimum atomic E-state index is -0.858. The number of aromatic amines is 1. The first-order valence-electron chi connectivity index (χ1n) is 5.13. The lowest BCUT2D eigenvalue weighted by Crippen LogP contribution is -2.50. The largest absolute Gasteiger partial charge is 0.480 e. The second kappa shape index (κ2) is 4.87. The molecule has 0 aliphatic carbocycles. The number of H-pyrrole nitrogens is 1.